The molecule has 1 aromatic carbocycles. The Balaban J connectivity index is 1.79. The van der Waals surface area contributed by atoms with Gasteiger partial charge in [-0.1, -0.05) is 44.2 Å². The van der Waals surface area contributed by atoms with Gasteiger partial charge in [0.15, 0.2) is 12.2 Å². The Morgan fingerprint density at radius 2 is 1.86 bits per heavy atom. The zero-order valence-electron chi connectivity index (χ0n) is 19.7. The fourth-order valence-electron chi connectivity index (χ4n) is 3.66. The first-order valence-electron chi connectivity index (χ1n) is 11.3. The third-order valence-electron chi connectivity index (χ3n) is 5.37. The number of carbonyl (C=O) groups is 4. The minimum Gasteiger partial charge on any atom is -0.506 e. The lowest BCUT2D eigenvalue weighted by molar-refractivity contribution is -0.157. The minimum absolute atomic E-state index is 0.0165. The molecule has 4 N–H and O–H groups in total. The fourth-order valence-corrected chi connectivity index (χ4v) is 3.66. The van der Waals surface area contributed by atoms with Crippen LogP contribution in [-0.4, -0.2) is 75.2 Å². The smallest absolute Gasteiger partial charge is 0.506 e. The maximum Gasteiger partial charge on any atom is 0.552 e. The molecule has 2 aromatic rings. The number of amides is 2. The van der Waals surface area contributed by atoms with E-state index < -0.39 is 55.1 Å². The number of hydrogen-bond acceptors (Lipinski definition) is 9. The Bertz CT molecular complexity index is 1070. The van der Waals surface area contributed by atoms with Gasteiger partial charge in [-0.2, -0.15) is 0 Å². The molecule has 0 bridgehead atoms. The first kappa shape index (κ1) is 26.8. The summed E-state index contributed by atoms with van der Waals surface area (Å²) in [4.78, 5) is 57.1. The second-order valence-corrected chi connectivity index (χ2v) is 8.70. The Labute approximate surface area is 207 Å². The molecule has 2 unspecified atom stereocenters. The van der Waals surface area contributed by atoms with Crippen LogP contribution in [0.1, 0.15) is 36.3 Å². The third kappa shape index (κ3) is 7.09. The second kappa shape index (κ2) is 12.2. The van der Waals surface area contributed by atoms with Gasteiger partial charge >= 0.3 is 19.1 Å². The van der Waals surface area contributed by atoms with Gasteiger partial charge in [-0.3, -0.25) is 19.4 Å². The minimum atomic E-state index is -2.12. The number of aliphatic hydroxyl groups excluding tert-OH is 1. The molecule has 2 amide bonds. The highest BCUT2D eigenvalue weighted by Gasteiger charge is 2.50. The SMILES string of the molecule is CC(C)C[C@H](NC(=O)C(Cc1ccccc1)NC(=O)c1cnccn1)B1OC(=O)C([C@@H](O)C(=O)O)O1. The Kier molecular flexibility index (Phi) is 9.09. The number of nitrogens with zero attached hydrogens (tertiary/aromatic N) is 2. The third-order valence-corrected chi connectivity index (χ3v) is 5.37. The van der Waals surface area contributed by atoms with Gasteiger partial charge in [-0.25, -0.2) is 9.78 Å². The molecule has 1 aliphatic heterocycles. The normalized spacial score (nSPS) is 17.7. The molecule has 36 heavy (non-hydrogen) atoms. The van der Waals surface area contributed by atoms with Crippen molar-refractivity contribution >= 4 is 30.9 Å². The summed E-state index contributed by atoms with van der Waals surface area (Å²) in [5, 5.41) is 24.2. The highest BCUT2D eigenvalue weighted by Crippen LogP contribution is 2.20. The van der Waals surface area contributed by atoms with Gasteiger partial charge in [0.1, 0.15) is 11.7 Å². The number of hydrogen-bond donors (Lipinski definition) is 4. The van der Waals surface area contributed by atoms with Crippen LogP contribution in [0.2, 0.25) is 0 Å². The van der Waals surface area contributed by atoms with Crippen LogP contribution in [0.15, 0.2) is 48.9 Å². The maximum atomic E-state index is 13.4. The average molecular weight is 498 g/mol. The predicted octanol–water partition coefficient (Wildman–Crippen LogP) is -0.236. The van der Waals surface area contributed by atoms with Crippen LogP contribution < -0.4 is 10.6 Å². The lowest BCUT2D eigenvalue weighted by atomic mass is 9.74. The number of aliphatic hydroxyl groups is 1. The molecule has 1 saturated heterocycles. The lowest BCUT2D eigenvalue weighted by Crippen LogP contribution is -2.55. The quantitative estimate of drug-likeness (QED) is 0.303. The number of aromatic nitrogens is 2. The number of carboxylic acid groups (broad SMARTS) is 1. The van der Waals surface area contributed by atoms with Gasteiger partial charge in [0.05, 0.1) is 12.1 Å². The van der Waals surface area contributed by atoms with E-state index >= 15 is 0 Å². The van der Waals surface area contributed by atoms with Crippen LogP contribution in [0.4, 0.5) is 0 Å². The van der Waals surface area contributed by atoms with Crippen LogP contribution in [0.3, 0.4) is 0 Å². The van der Waals surface area contributed by atoms with Crippen molar-refractivity contribution in [2.75, 3.05) is 0 Å². The Morgan fingerprint density at radius 3 is 2.47 bits per heavy atom. The van der Waals surface area contributed by atoms with Crippen LogP contribution >= 0.6 is 0 Å². The molecule has 2 heterocycles. The van der Waals surface area contributed by atoms with Crippen molar-refractivity contribution in [3.63, 3.8) is 0 Å². The molecule has 0 spiro atoms. The zero-order chi connectivity index (χ0) is 26.2. The summed E-state index contributed by atoms with van der Waals surface area (Å²) in [5.74, 6) is -4.73. The largest absolute Gasteiger partial charge is 0.552 e. The molecule has 0 aliphatic carbocycles. The molecule has 12 nitrogen and oxygen atoms in total. The summed E-state index contributed by atoms with van der Waals surface area (Å²) in [5.41, 5.74) is 0.811. The lowest BCUT2D eigenvalue weighted by Gasteiger charge is -2.25. The van der Waals surface area contributed by atoms with Crippen molar-refractivity contribution in [1.29, 1.82) is 0 Å². The van der Waals surface area contributed by atoms with Gasteiger partial charge < -0.3 is 30.2 Å². The van der Waals surface area contributed by atoms with E-state index in [2.05, 4.69) is 20.6 Å². The van der Waals surface area contributed by atoms with Crippen molar-refractivity contribution in [3.8, 4) is 0 Å². The molecule has 1 aliphatic rings. The van der Waals surface area contributed by atoms with Crippen LogP contribution in [-0.2, 0) is 30.1 Å². The Hall–Kier alpha value is -3.84. The molecular formula is C23H27BN4O8. The standard InChI is InChI=1S/C23H27BN4O8/c1-13(2)10-17(24-35-19(23(34)36-24)18(29)22(32)33)28-20(30)15(11-14-6-4-3-5-7-14)27-21(31)16-12-25-8-9-26-16/h3-9,12-13,15,17-19,29H,10-11H2,1-2H3,(H,27,31)(H,28,30)(H,32,33)/t15?,17-,18+,19?/m0/s1. The molecule has 1 aromatic heterocycles. The summed E-state index contributed by atoms with van der Waals surface area (Å²) >= 11 is 0. The molecule has 1 fully saturated rings. The van der Waals surface area contributed by atoms with E-state index in [1.807, 2.05) is 19.9 Å². The van der Waals surface area contributed by atoms with Crippen molar-refractivity contribution in [3.05, 3.63) is 60.2 Å². The monoisotopic (exact) mass is 498 g/mol. The molecule has 0 radical (unpaired) electrons. The summed E-state index contributed by atoms with van der Waals surface area (Å²) in [6.45, 7) is 3.74. The summed E-state index contributed by atoms with van der Waals surface area (Å²) in [7, 11) is -1.32. The van der Waals surface area contributed by atoms with Gasteiger partial charge in [0.2, 0.25) is 5.91 Å². The maximum absolute atomic E-state index is 13.4. The molecular weight excluding hydrogens is 471 g/mol. The highest BCUT2D eigenvalue weighted by molar-refractivity contribution is 6.51. The summed E-state index contributed by atoms with van der Waals surface area (Å²) in [6.07, 6.45) is 0.653. The van der Waals surface area contributed by atoms with E-state index in [-0.39, 0.29) is 18.0 Å². The summed E-state index contributed by atoms with van der Waals surface area (Å²) < 4.78 is 10.5. The van der Waals surface area contributed by atoms with Gasteiger partial charge in [0.25, 0.3) is 5.91 Å². The molecule has 0 saturated carbocycles. The predicted molar refractivity (Wildman–Crippen MR) is 125 cm³/mol. The van der Waals surface area contributed by atoms with Gasteiger partial charge in [-0.05, 0) is 17.9 Å². The summed E-state index contributed by atoms with van der Waals surface area (Å²) in [6, 6.07) is 8.00. The highest BCUT2D eigenvalue weighted by atomic mass is 16.7. The molecule has 13 heteroatoms. The fraction of sp³-hybridized carbons (Fsp3) is 0.391. The van der Waals surface area contributed by atoms with E-state index in [1.165, 1.54) is 18.6 Å². The first-order chi connectivity index (χ1) is 17.2. The van der Waals surface area contributed by atoms with Crippen LogP contribution in [0, 0.1) is 5.92 Å². The van der Waals surface area contributed by atoms with E-state index in [1.54, 1.807) is 24.3 Å². The Morgan fingerprint density at radius 1 is 1.14 bits per heavy atom. The van der Waals surface area contributed by atoms with Crippen LogP contribution in [0.5, 0.6) is 0 Å². The molecule has 190 valence electrons. The second-order valence-electron chi connectivity index (χ2n) is 8.70. The van der Waals surface area contributed by atoms with E-state index in [0.29, 0.717) is 6.42 Å². The van der Waals surface area contributed by atoms with Crippen molar-refractivity contribution in [2.24, 2.45) is 5.92 Å². The van der Waals surface area contributed by atoms with E-state index in [9.17, 15) is 24.3 Å². The van der Waals surface area contributed by atoms with Crippen molar-refractivity contribution in [2.45, 2.75) is 50.9 Å². The van der Waals surface area contributed by atoms with Crippen molar-refractivity contribution < 1.29 is 38.7 Å². The van der Waals surface area contributed by atoms with E-state index in [0.717, 1.165) is 5.56 Å². The number of aliphatic carboxylic acids is 1. The number of nitrogens with one attached hydrogen (secondary N) is 2. The topological polar surface area (TPSA) is 177 Å². The number of carboxylic acids is 1. The number of benzene rings is 1. The average Bonchev–Trinajstić information content (AvgIpc) is 3.24. The molecule has 4 atom stereocenters. The van der Waals surface area contributed by atoms with Crippen LogP contribution in [0.25, 0.3) is 0 Å². The van der Waals surface area contributed by atoms with Crippen molar-refractivity contribution in [1.82, 2.24) is 20.6 Å². The molecule has 3 rings (SSSR count). The number of rotatable bonds is 11. The van der Waals surface area contributed by atoms with Gasteiger partial charge in [-0.15, -0.1) is 0 Å². The number of carbonyl (C=O) groups excluding carboxylic acids is 3. The van der Waals surface area contributed by atoms with Gasteiger partial charge in [0, 0.05) is 18.8 Å². The first-order valence-corrected chi connectivity index (χ1v) is 11.3. The zero-order valence-corrected chi connectivity index (χ0v) is 19.7. The van der Waals surface area contributed by atoms with E-state index in [4.69, 9.17) is 14.4 Å².